The van der Waals surface area contributed by atoms with E-state index in [2.05, 4.69) is 51.9 Å². The van der Waals surface area contributed by atoms with Gasteiger partial charge in [-0.3, -0.25) is 4.79 Å². The standard InChI is InChI=1S/C16H32N2O2/c1-7-10-17-16(14(19)20)9-8-13(11-16)18(6)12(2)15(3,4)5/h12-13,17H,7-11H2,1-6H3,(H,19,20). The highest BCUT2D eigenvalue weighted by Crippen LogP contribution is 2.36. The van der Waals surface area contributed by atoms with Crippen LogP contribution in [0, 0.1) is 5.41 Å². The van der Waals surface area contributed by atoms with E-state index in [0.717, 1.165) is 25.8 Å². The van der Waals surface area contributed by atoms with Crippen LogP contribution in [0.4, 0.5) is 0 Å². The van der Waals surface area contributed by atoms with Gasteiger partial charge in [0.15, 0.2) is 0 Å². The van der Waals surface area contributed by atoms with Gasteiger partial charge in [0.1, 0.15) is 5.54 Å². The first-order chi connectivity index (χ1) is 9.14. The summed E-state index contributed by atoms with van der Waals surface area (Å²) < 4.78 is 0. The molecule has 0 radical (unpaired) electrons. The minimum Gasteiger partial charge on any atom is -0.480 e. The topological polar surface area (TPSA) is 52.6 Å². The zero-order valence-corrected chi connectivity index (χ0v) is 14.0. The van der Waals surface area contributed by atoms with Crippen LogP contribution in [0.25, 0.3) is 0 Å². The molecular weight excluding hydrogens is 252 g/mol. The Hall–Kier alpha value is -0.610. The Bertz CT molecular complexity index is 338. The fraction of sp³-hybridized carbons (Fsp3) is 0.938. The predicted molar refractivity (Wildman–Crippen MR) is 83.0 cm³/mol. The fourth-order valence-corrected chi connectivity index (χ4v) is 3.09. The van der Waals surface area contributed by atoms with Crippen LogP contribution in [0.2, 0.25) is 0 Å². The number of nitrogens with one attached hydrogen (secondary N) is 1. The molecule has 4 heteroatoms. The summed E-state index contributed by atoms with van der Waals surface area (Å²) in [6.45, 7) is 11.8. The summed E-state index contributed by atoms with van der Waals surface area (Å²) in [5.41, 5.74) is -0.507. The highest BCUT2D eigenvalue weighted by Gasteiger charge is 2.47. The van der Waals surface area contributed by atoms with Crippen LogP contribution in [0.3, 0.4) is 0 Å². The van der Waals surface area contributed by atoms with Crippen molar-refractivity contribution in [3.8, 4) is 0 Å². The molecule has 0 bridgehead atoms. The fourth-order valence-electron chi connectivity index (χ4n) is 3.09. The maximum Gasteiger partial charge on any atom is 0.323 e. The van der Waals surface area contributed by atoms with E-state index < -0.39 is 11.5 Å². The van der Waals surface area contributed by atoms with Gasteiger partial charge in [-0.15, -0.1) is 0 Å². The first-order valence-corrected chi connectivity index (χ1v) is 7.84. The van der Waals surface area contributed by atoms with Crippen molar-refractivity contribution in [2.75, 3.05) is 13.6 Å². The molecular formula is C16H32N2O2. The van der Waals surface area contributed by atoms with Gasteiger partial charge in [0.2, 0.25) is 0 Å². The van der Waals surface area contributed by atoms with Crippen molar-refractivity contribution in [2.45, 2.75) is 77.9 Å². The Labute approximate surface area is 123 Å². The second-order valence-corrected chi connectivity index (χ2v) is 7.42. The smallest absolute Gasteiger partial charge is 0.323 e. The molecule has 0 aromatic heterocycles. The number of carbonyl (C=O) groups is 1. The minimum atomic E-state index is -0.716. The summed E-state index contributed by atoms with van der Waals surface area (Å²) in [7, 11) is 2.14. The van der Waals surface area contributed by atoms with Crippen LogP contribution in [0.5, 0.6) is 0 Å². The molecule has 1 rings (SSSR count). The Kier molecular flexibility index (Phi) is 5.61. The summed E-state index contributed by atoms with van der Waals surface area (Å²) in [6, 6.07) is 0.785. The Balaban J connectivity index is 2.75. The van der Waals surface area contributed by atoms with Crippen LogP contribution in [-0.4, -0.2) is 47.2 Å². The summed E-state index contributed by atoms with van der Waals surface area (Å²) in [5.74, 6) is -0.690. The number of carboxylic acids is 1. The van der Waals surface area contributed by atoms with Crippen LogP contribution in [-0.2, 0) is 4.79 Å². The van der Waals surface area contributed by atoms with Crippen LogP contribution in [0.1, 0.15) is 60.3 Å². The molecule has 3 unspecified atom stereocenters. The molecule has 2 N–H and O–H groups in total. The Morgan fingerprint density at radius 2 is 2.10 bits per heavy atom. The van der Waals surface area contributed by atoms with E-state index in [0.29, 0.717) is 18.5 Å². The average Bonchev–Trinajstić information content (AvgIpc) is 2.79. The quantitative estimate of drug-likeness (QED) is 0.787. The van der Waals surface area contributed by atoms with Gasteiger partial charge in [-0.1, -0.05) is 27.7 Å². The minimum absolute atomic E-state index is 0.208. The molecule has 0 aromatic carbocycles. The molecule has 1 aliphatic rings. The van der Waals surface area contributed by atoms with Crippen molar-refractivity contribution in [1.82, 2.24) is 10.2 Å². The van der Waals surface area contributed by atoms with Crippen molar-refractivity contribution in [3.63, 3.8) is 0 Å². The van der Waals surface area contributed by atoms with E-state index in [1.165, 1.54) is 0 Å². The van der Waals surface area contributed by atoms with E-state index >= 15 is 0 Å². The van der Waals surface area contributed by atoms with Gasteiger partial charge in [-0.25, -0.2) is 0 Å². The largest absolute Gasteiger partial charge is 0.480 e. The van der Waals surface area contributed by atoms with E-state index in [-0.39, 0.29) is 5.41 Å². The van der Waals surface area contributed by atoms with Gasteiger partial charge in [0.25, 0.3) is 0 Å². The van der Waals surface area contributed by atoms with E-state index in [1.54, 1.807) is 0 Å². The maximum atomic E-state index is 11.7. The van der Waals surface area contributed by atoms with Gasteiger partial charge in [0, 0.05) is 12.1 Å². The molecule has 0 amide bonds. The van der Waals surface area contributed by atoms with Gasteiger partial charge >= 0.3 is 5.97 Å². The average molecular weight is 284 g/mol. The van der Waals surface area contributed by atoms with Crippen molar-refractivity contribution in [2.24, 2.45) is 5.41 Å². The van der Waals surface area contributed by atoms with Crippen molar-refractivity contribution in [1.29, 1.82) is 0 Å². The predicted octanol–water partition coefficient (Wildman–Crippen LogP) is 2.73. The number of carboxylic acid groups (broad SMARTS) is 1. The molecule has 20 heavy (non-hydrogen) atoms. The number of nitrogens with zero attached hydrogens (tertiary/aromatic N) is 1. The van der Waals surface area contributed by atoms with Crippen LogP contribution < -0.4 is 5.32 Å². The normalized spacial score (nSPS) is 28.9. The molecule has 0 saturated heterocycles. The second-order valence-electron chi connectivity index (χ2n) is 7.42. The third-order valence-corrected chi connectivity index (χ3v) is 5.05. The van der Waals surface area contributed by atoms with E-state index in [1.807, 2.05) is 0 Å². The summed E-state index contributed by atoms with van der Waals surface area (Å²) in [4.78, 5) is 14.1. The zero-order valence-electron chi connectivity index (χ0n) is 14.0. The molecule has 1 aliphatic carbocycles. The third kappa shape index (κ3) is 3.73. The molecule has 0 spiro atoms. The van der Waals surface area contributed by atoms with E-state index in [9.17, 15) is 9.90 Å². The molecule has 3 atom stereocenters. The molecule has 0 aromatic rings. The van der Waals surface area contributed by atoms with Crippen molar-refractivity contribution in [3.05, 3.63) is 0 Å². The lowest BCUT2D eigenvalue weighted by Crippen LogP contribution is -2.52. The second kappa shape index (κ2) is 6.44. The number of hydrogen-bond acceptors (Lipinski definition) is 3. The molecule has 0 heterocycles. The summed E-state index contributed by atoms with van der Waals surface area (Å²) in [5, 5.41) is 12.9. The lowest BCUT2D eigenvalue weighted by atomic mass is 9.86. The Morgan fingerprint density at radius 3 is 2.55 bits per heavy atom. The molecule has 1 saturated carbocycles. The first kappa shape index (κ1) is 17.4. The van der Waals surface area contributed by atoms with Crippen molar-refractivity contribution >= 4 is 5.97 Å². The number of aliphatic carboxylic acids is 1. The molecule has 4 nitrogen and oxygen atoms in total. The summed E-state index contributed by atoms with van der Waals surface area (Å²) >= 11 is 0. The first-order valence-electron chi connectivity index (χ1n) is 7.84. The van der Waals surface area contributed by atoms with Gasteiger partial charge < -0.3 is 15.3 Å². The highest BCUT2D eigenvalue weighted by atomic mass is 16.4. The maximum absolute atomic E-state index is 11.7. The van der Waals surface area contributed by atoms with Crippen molar-refractivity contribution < 1.29 is 9.90 Å². The lowest BCUT2D eigenvalue weighted by Gasteiger charge is -2.39. The van der Waals surface area contributed by atoms with Gasteiger partial charge in [-0.2, -0.15) is 0 Å². The number of hydrogen-bond donors (Lipinski definition) is 2. The van der Waals surface area contributed by atoms with E-state index in [4.69, 9.17) is 0 Å². The van der Waals surface area contributed by atoms with Gasteiger partial charge in [0.05, 0.1) is 0 Å². The molecule has 118 valence electrons. The monoisotopic (exact) mass is 284 g/mol. The lowest BCUT2D eigenvalue weighted by molar-refractivity contribution is -0.144. The zero-order chi connectivity index (χ0) is 15.6. The molecule has 0 aliphatic heterocycles. The number of rotatable bonds is 6. The van der Waals surface area contributed by atoms with Crippen LogP contribution >= 0.6 is 0 Å². The molecule has 1 fully saturated rings. The summed E-state index contributed by atoms with van der Waals surface area (Å²) in [6.07, 6.45) is 3.36. The Morgan fingerprint density at radius 1 is 1.50 bits per heavy atom. The SMILES string of the molecule is CCCNC1(C(=O)O)CCC(N(C)C(C)C(C)(C)C)C1. The van der Waals surface area contributed by atoms with Crippen LogP contribution in [0.15, 0.2) is 0 Å². The third-order valence-electron chi connectivity index (χ3n) is 5.05. The van der Waals surface area contributed by atoms with Gasteiger partial charge in [-0.05, 0) is 51.6 Å². The highest BCUT2D eigenvalue weighted by molar-refractivity contribution is 5.79.